The molecule has 23 heavy (non-hydrogen) atoms. The number of benzene rings is 2. The average molecular weight is 311 g/mol. The number of aliphatic hydroxyl groups is 1. The van der Waals surface area contributed by atoms with E-state index in [2.05, 4.69) is 18.7 Å². The van der Waals surface area contributed by atoms with Crippen molar-refractivity contribution in [2.45, 2.75) is 38.3 Å². The molecule has 3 heteroatoms. The van der Waals surface area contributed by atoms with Gasteiger partial charge in [0.1, 0.15) is 11.5 Å². The second-order valence-corrected chi connectivity index (χ2v) is 6.60. The Balaban J connectivity index is 1.67. The van der Waals surface area contributed by atoms with Crippen LogP contribution in [0.5, 0.6) is 11.5 Å². The third kappa shape index (κ3) is 3.74. The van der Waals surface area contributed by atoms with E-state index in [0.717, 1.165) is 43.0 Å². The van der Waals surface area contributed by atoms with Gasteiger partial charge in [-0.05, 0) is 56.5 Å². The molecule has 2 aromatic carbocycles. The van der Waals surface area contributed by atoms with Crippen LogP contribution in [0.15, 0.2) is 54.6 Å². The molecule has 0 unspecified atom stereocenters. The van der Waals surface area contributed by atoms with E-state index < -0.39 is 5.60 Å². The van der Waals surface area contributed by atoms with Gasteiger partial charge < -0.3 is 14.7 Å². The van der Waals surface area contributed by atoms with Gasteiger partial charge >= 0.3 is 0 Å². The van der Waals surface area contributed by atoms with Gasteiger partial charge in [0.25, 0.3) is 0 Å². The van der Waals surface area contributed by atoms with Gasteiger partial charge in [0.05, 0.1) is 5.60 Å². The third-order valence-corrected chi connectivity index (χ3v) is 4.73. The second kappa shape index (κ2) is 6.73. The van der Waals surface area contributed by atoms with E-state index in [4.69, 9.17) is 4.74 Å². The van der Waals surface area contributed by atoms with Gasteiger partial charge in [-0.25, -0.2) is 0 Å². The summed E-state index contributed by atoms with van der Waals surface area (Å²) in [7, 11) is 0. The monoisotopic (exact) mass is 311 g/mol. The lowest BCUT2D eigenvalue weighted by Gasteiger charge is -2.40. The lowest BCUT2D eigenvalue weighted by molar-refractivity contribution is -0.0323. The number of rotatable bonds is 4. The standard InChI is InChI=1S/C20H25NO2/c1-16(2)21-14-12-20(22,13-15-21)17-8-10-19(11-9-17)23-18-6-4-3-5-7-18/h3-11,16,22H,12-15H2,1-2H3. The fourth-order valence-corrected chi connectivity index (χ4v) is 3.16. The van der Waals surface area contributed by atoms with Gasteiger partial charge in [-0.2, -0.15) is 0 Å². The zero-order valence-electron chi connectivity index (χ0n) is 13.9. The largest absolute Gasteiger partial charge is 0.457 e. The van der Waals surface area contributed by atoms with Crippen molar-refractivity contribution >= 4 is 0 Å². The van der Waals surface area contributed by atoms with Gasteiger partial charge in [-0.1, -0.05) is 30.3 Å². The van der Waals surface area contributed by atoms with Crippen molar-refractivity contribution in [1.29, 1.82) is 0 Å². The molecular weight excluding hydrogens is 286 g/mol. The quantitative estimate of drug-likeness (QED) is 0.920. The summed E-state index contributed by atoms with van der Waals surface area (Å²) in [5.41, 5.74) is 0.276. The molecule has 122 valence electrons. The normalized spacial score (nSPS) is 18.1. The van der Waals surface area contributed by atoms with Crippen LogP contribution in [-0.4, -0.2) is 29.1 Å². The van der Waals surface area contributed by atoms with Gasteiger partial charge in [0.2, 0.25) is 0 Å². The minimum Gasteiger partial charge on any atom is -0.457 e. The molecule has 3 nitrogen and oxygen atoms in total. The van der Waals surface area contributed by atoms with Crippen LogP contribution < -0.4 is 4.74 Å². The smallest absolute Gasteiger partial charge is 0.127 e. The van der Waals surface area contributed by atoms with Crippen LogP contribution in [0.25, 0.3) is 0 Å². The van der Waals surface area contributed by atoms with E-state index >= 15 is 0 Å². The number of nitrogens with zero attached hydrogens (tertiary/aromatic N) is 1. The zero-order valence-corrected chi connectivity index (χ0v) is 13.9. The molecule has 0 aromatic heterocycles. The Morgan fingerprint density at radius 3 is 2.04 bits per heavy atom. The van der Waals surface area contributed by atoms with Gasteiger partial charge in [0, 0.05) is 19.1 Å². The first kappa shape index (κ1) is 16.0. The van der Waals surface area contributed by atoms with E-state index in [0.29, 0.717) is 6.04 Å². The maximum atomic E-state index is 11.0. The van der Waals surface area contributed by atoms with Crippen LogP contribution in [0.3, 0.4) is 0 Å². The minimum atomic E-state index is -0.712. The molecule has 0 amide bonds. The summed E-state index contributed by atoms with van der Waals surface area (Å²) in [6.45, 7) is 6.30. The molecule has 2 aromatic rings. The summed E-state index contributed by atoms with van der Waals surface area (Å²) in [5, 5.41) is 11.0. The molecule has 0 atom stereocenters. The molecule has 0 aliphatic carbocycles. The van der Waals surface area contributed by atoms with Crippen molar-refractivity contribution in [2.75, 3.05) is 13.1 Å². The fourth-order valence-electron chi connectivity index (χ4n) is 3.16. The predicted molar refractivity (Wildman–Crippen MR) is 92.8 cm³/mol. The average Bonchev–Trinajstić information content (AvgIpc) is 2.57. The van der Waals surface area contributed by atoms with Crippen LogP contribution in [0.2, 0.25) is 0 Å². The molecule has 1 heterocycles. The Kier molecular flexibility index (Phi) is 4.69. The number of para-hydroxylation sites is 1. The van der Waals surface area contributed by atoms with Crippen molar-refractivity contribution in [1.82, 2.24) is 4.90 Å². The Bertz CT molecular complexity index is 614. The van der Waals surface area contributed by atoms with Gasteiger partial charge in [0.15, 0.2) is 0 Å². The Morgan fingerprint density at radius 2 is 1.48 bits per heavy atom. The van der Waals surface area contributed by atoms with Crippen LogP contribution >= 0.6 is 0 Å². The topological polar surface area (TPSA) is 32.7 Å². The Labute approximate surface area is 138 Å². The van der Waals surface area contributed by atoms with Crippen molar-refractivity contribution in [3.8, 4) is 11.5 Å². The summed E-state index contributed by atoms with van der Waals surface area (Å²) in [4.78, 5) is 2.42. The Morgan fingerprint density at radius 1 is 0.913 bits per heavy atom. The van der Waals surface area contributed by atoms with Crippen molar-refractivity contribution in [3.05, 3.63) is 60.2 Å². The summed E-state index contributed by atoms with van der Waals surface area (Å²) in [5.74, 6) is 1.62. The maximum Gasteiger partial charge on any atom is 0.127 e. The molecular formula is C20H25NO2. The summed E-state index contributed by atoms with van der Waals surface area (Å²) in [6, 6.07) is 18.1. The first-order valence-electron chi connectivity index (χ1n) is 8.37. The molecule has 1 N–H and O–H groups in total. The first-order valence-corrected chi connectivity index (χ1v) is 8.37. The highest BCUT2D eigenvalue weighted by Crippen LogP contribution is 2.34. The van der Waals surface area contributed by atoms with E-state index in [1.807, 2.05) is 54.6 Å². The van der Waals surface area contributed by atoms with Crippen molar-refractivity contribution in [3.63, 3.8) is 0 Å². The number of ether oxygens (including phenoxy) is 1. The van der Waals surface area contributed by atoms with Gasteiger partial charge in [-0.15, -0.1) is 0 Å². The molecule has 0 spiro atoms. The SMILES string of the molecule is CC(C)N1CCC(O)(c2ccc(Oc3ccccc3)cc2)CC1. The van der Waals surface area contributed by atoms with E-state index in [-0.39, 0.29) is 0 Å². The van der Waals surface area contributed by atoms with Crippen molar-refractivity contribution in [2.24, 2.45) is 0 Å². The molecule has 0 saturated carbocycles. The highest BCUT2D eigenvalue weighted by molar-refractivity contribution is 5.35. The molecule has 0 bridgehead atoms. The lowest BCUT2D eigenvalue weighted by Crippen LogP contribution is -2.45. The molecule has 1 aliphatic rings. The number of hydrogen-bond donors (Lipinski definition) is 1. The third-order valence-electron chi connectivity index (χ3n) is 4.73. The molecule has 3 rings (SSSR count). The Hall–Kier alpha value is -1.84. The molecule has 0 radical (unpaired) electrons. The zero-order chi connectivity index (χ0) is 16.3. The molecule has 1 aliphatic heterocycles. The predicted octanol–water partition coefficient (Wildman–Crippen LogP) is 4.17. The first-order chi connectivity index (χ1) is 11.1. The summed E-state index contributed by atoms with van der Waals surface area (Å²) in [6.07, 6.45) is 1.56. The summed E-state index contributed by atoms with van der Waals surface area (Å²) < 4.78 is 5.81. The van der Waals surface area contributed by atoms with Crippen LogP contribution in [0.1, 0.15) is 32.3 Å². The second-order valence-electron chi connectivity index (χ2n) is 6.60. The fraction of sp³-hybridized carbons (Fsp3) is 0.400. The minimum absolute atomic E-state index is 0.543. The van der Waals surface area contributed by atoms with Crippen LogP contribution in [-0.2, 0) is 5.60 Å². The van der Waals surface area contributed by atoms with E-state index in [1.54, 1.807) is 0 Å². The highest BCUT2D eigenvalue weighted by Gasteiger charge is 2.34. The van der Waals surface area contributed by atoms with Crippen molar-refractivity contribution < 1.29 is 9.84 Å². The molecule has 1 saturated heterocycles. The highest BCUT2D eigenvalue weighted by atomic mass is 16.5. The maximum absolute atomic E-state index is 11.0. The summed E-state index contributed by atoms with van der Waals surface area (Å²) >= 11 is 0. The molecule has 1 fully saturated rings. The number of piperidine rings is 1. The number of hydrogen-bond acceptors (Lipinski definition) is 3. The van der Waals surface area contributed by atoms with E-state index in [1.165, 1.54) is 0 Å². The van der Waals surface area contributed by atoms with Crippen LogP contribution in [0, 0.1) is 0 Å². The van der Waals surface area contributed by atoms with Gasteiger partial charge in [-0.3, -0.25) is 0 Å². The number of likely N-dealkylation sites (tertiary alicyclic amines) is 1. The lowest BCUT2D eigenvalue weighted by atomic mass is 9.84. The van der Waals surface area contributed by atoms with Crippen LogP contribution in [0.4, 0.5) is 0 Å². The van der Waals surface area contributed by atoms with E-state index in [9.17, 15) is 5.11 Å².